The summed E-state index contributed by atoms with van der Waals surface area (Å²) in [5.41, 5.74) is -1.02. The van der Waals surface area contributed by atoms with Crippen molar-refractivity contribution < 1.29 is 22.8 Å². The molecule has 20 heavy (non-hydrogen) atoms. The van der Waals surface area contributed by atoms with Crippen LogP contribution in [0.1, 0.15) is 18.9 Å². The van der Waals surface area contributed by atoms with E-state index in [1.807, 2.05) is 0 Å². The predicted molar refractivity (Wildman–Crippen MR) is 68.4 cm³/mol. The molecule has 0 bridgehead atoms. The van der Waals surface area contributed by atoms with Gasteiger partial charge in [0.25, 0.3) is 0 Å². The van der Waals surface area contributed by atoms with Gasteiger partial charge in [-0.05, 0) is 18.2 Å². The zero-order valence-electron chi connectivity index (χ0n) is 10.5. The first-order valence-corrected chi connectivity index (χ1v) is 5.99. The minimum atomic E-state index is -4.59. The van der Waals surface area contributed by atoms with Crippen LogP contribution in [0.15, 0.2) is 18.2 Å². The van der Waals surface area contributed by atoms with Crippen LogP contribution < -0.4 is 10.6 Å². The van der Waals surface area contributed by atoms with E-state index in [4.69, 9.17) is 11.6 Å². The maximum atomic E-state index is 12.6. The van der Waals surface area contributed by atoms with Crippen LogP contribution in [-0.2, 0) is 15.8 Å². The van der Waals surface area contributed by atoms with Crippen molar-refractivity contribution in [1.82, 2.24) is 5.32 Å². The van der Waals surface area contributed by atoms with Crippen molar-refractivity contribution in [2.75, 3.05) is 11.9 Å². The van der Waals surface area contributed by atoms with Gasteiger partial charge in [0, 0.05) is 25.6 Å². The van der Waals surface area contributed by atoms with E-state index in [2.05, 4.69) is 10.6 Å². The summed E-state index contributed by atoms with van der Waals surface area (Å²) in [6, 6.07) is 3.10. The third kappa shape index (κ3) is 5.08. The summed E-state index contributed by atoms with van der Waals surface area (Å²) >= 11 is 5.46. The number of hydrogen-bond acceptors (Lipinski definition) is 2. The predicted octanol–water partition coefficient (Wildman–Crippen LogP) is 2.82. The molecule has 0 spiro atoms. The van der Waals surface area contributed by atoms with E-state index in [0.717, 1.165) is 12.1 Å². The van der Waals surface area contributed by atoms with E-state index in [1.165, 1.54) is 13.0 Å². The molecule has 1 aromatic carbocycles. The first kappa shape index (κ1) is 16.3. The molecule has 0 aliphatic heterocycles. The Bertz CT molecular complexity index is 518. The van der Waals surface area contributed by atoms with Crippen LogP contribution in [0.2, 0.25) is 5.02 Å². The highest BCUT2D eigenvalue weighted by atomic mass is 35.5. The van der Waals surface area contributed by atoms with Crippen molar-refractivity contribution in [3.8, 4) is 0 Å². The average Bonchev–Trinajstić information content (AvgIpc) is 2.29. The Morgan fingerprint density at radius 2 is 1.95 bits per heavy atom. The van der Waals surface area contributed by atoms with Gasteiger partial charge in [-0.25, -0.2) is 0 Å². The lowest BCUT2D eigenvalue weighted by molar-refractivity contribution is -0.137. The van der Waals surface area contributed by atoms with Crippen LogP contribution in [0.3, 0.4) is 0 Å². The molecule has 0 heterocycles. The molecule has 8 heteroatoms. The number of carbonyl (C=O) groups is 2. The molecule has 4 nitrogen and oxygen atoms in total. The van der Waals surface area contributed by atoms with Gasteiger partial charge in [-0.1, -0.05) is 11.6 Å². The van der Waals surface area contributed by atoms with Crippen molar-refractivity contribution in [2.45, 2.75) is 19.5 Å². The molecule has 1 rings (SSSR count). The Kier molecular flexibility index (Phi) is 5.38. The quantitative estimate of drug-likeness (QED) is 0.898. The van der Waals surface area contributed by atoms with E-state index in [0.29, 0.717) is 0 Å². The molecule has 0 aromatic heterocycles. The van der Waals surface area contributed by atoms with Gasteiger partial charge >= 0.3 is 6.18 Å². The Morgan fingerprint density at radius 1 is 1.30 bits per heavy atom. The lowest BCUT2D eigenvalue weighted by atomic mass is 10.2. The van der Waals surface area contributed by atoms with Crippen molar-refractivity contribution in [3.05, 3.63) is 28.8 Å². The van der Waals surface area contributed by atoms with Crippen LogP contribution in [0.25, 0.3) is 0 Å². The molecule has 2 N–H and O–H groups in total. The number of rotatable bonds is 4. The molecule has 0 aliphatic rings. The van der Waals surface area contributed by atoms with Crippen LogP contribution in [0.4, 0.5) is 18.9 Å². The minimum Gasteiger partial charge on any atom is -0.356 e. The monoisotopic (exact) mass is 308 g/mol. The SMILES string of the molecule is CC(=O)NCCC(=O)Nc1ccc(Cl)c(C(F)(F)F)c1. The molecule has 110 valence electrons. The fraction of sp³-hybridized carbons (Fsp3) is 0.333. The van der Waals surface area contributed by atoms with Crippen molar-refractivity contribution in [1.29, 1.82) is 0 Å². The van der Waals surface area contributed by atoms with Crippen molar-refractivity contribution in [3.63, 3.8) is 0 Å². The smallest absolute Gasteiger partial charge is 0.356 e. The highest BCUT2D eigenvalue weighted by Gasteiger charge is 2.33. The second kappa shape index (κ2) is 6.60. The summed E-state index contributed by atoms with van der Waals surface area (Å²) in [6.45, 7) is 1.41. The zero-order valence-corrected chi connectivity index (χ0v) is 11.2. The minimum absolute atomic E-state index is 0.00505. The zero-order chi connectivity index (χ0) is 15.3. The topological polar surface area (TPSA) is 58.2 Å². The lowest BCUT2D eigenvalue weighted by Crippen LogP contribution is -2.25. The van der Waals surface area contributed by atoms with Crippen molar-refractivity contribution in [2.24, 2.45) is 0 Å². The summed E-state index contributed by atoms with van der Waals surface area (Å²) in [5, 5.41) is 4.28. The second-order valence-electron chi connectivity index (χ2n) is 3.97. The van der Waals surface area contributed by atoms with Gasteiger partial charge < -0.3 is 10.6 Å². The fourth-order valence-corrected chi connectivity index (χ4v) is 1.62. The Labute approximate surface area is 118 Å². The van der Waals surface area contributed by atoms with Crippen LogP contribution in [-0.4, -0.2) is 18.4 Å². The number of hydrogen-bond donors (Lipinski definition) is 2. The standard InChI is InChI=1S/C12H12ClF3N2O2/c1-7(19)17-5-4-11(20)18-8-2-3-10(13)9(6-8)12(14,15)16/h2-3,6H,4-5H2,1H3,(H,17,19)(H,18,20). The molecule has 0 aliphatic carbocycles. The maximum Gasteiger partial charge on any atom is 0.417 e. The first-order valence-electron chi connectivity index (χ1n) is 5.61. The number of nitrogens with one attached hydrogen (secondary N) is 2. The average molecular weight is 309 g/mol. The number of anilines is 1. The highest BCUT2D eigenvalue weighted by molar-refractivity contribution is 6.31. The number of halogens is 4. The number of carbonyl (C=O) groups excluding carboxylic acids is 2. The lowest BCUT2D eigenvalue weighted by Gasteiger charge is -2.11. The Balaban J connectivity index is 2.69. The van der Waals surface area contributed by atoms with E-state index in [9.17, 15) is 22.8 Å². The number of amides is 2. The van der Waals surface area contributed by atoms with Crippen LogP contribution in [0, 0.1) is 0 Å². The van der Waals surface area contributed by atoms with Gasteiger partial charge in [-0.2, -0.15) is 13.2 Å². The van der Waals surface area contributed by atoms with Gasteiger partial charge in [-0.15, -0.1) is 0 Å². The van der Waals surface area contributed by atoms with E-state index in [-0.39, 0.29) is 24.6 Å². The molecule has 2 amide bonds. The molecule has 0 atom stereocenters. The van der Waals surface area contributed by atoms with Crippen LogP contribution in [0.5, 0.6) is 0 Å². The Hall–Kier alpha value is -1.76. The molecule has 0 saturated carbocycles. The van der Waals surface area contributed by atoms with Crippen LogP contribution >= 0.6 is 11.6 Å². The Morgan fingerprint density at radius 3 is 2.50 bits per heavy atom. The fourth-order valence-electron chi connectivity index (χ4n) is 1.40. The van der Waals surface area contributed by atoms with Gasteiger partial charge in [-0.3, -0.25) is 9.59 Å². The van der Waals surface area contributed by atoms with E-state index in [1.54, 1.807) is 0 Å². The van der Waals surface area contributed by atoms with Gasteiger partial charge in [0.05, 0.1) is 10.6 Å². The number of benzene rings is 1. The molecule has 1 aromatic rings. The van der Waals surface area contributed by atoms with Gasteiger partial charge in [0.15, 0.2) is 0 Å². The second-order valence-corrected chi connectivity index (χ2v) is 4.38. The number of alkyl halides is 3. The summed E-state index contributed by atoms with van der Waals surface area (Å²) in [4.78, 5) is 22.1. The third-order valence-corrected chi connectivity index (χ3v) is 2.61. The first-order chi connectivity index (χ1) is 9.20. The molecule has 0 unspecified atom stereocenters. The molecule has 0 radical (unpaired) electrons. The summed E-state index contributed by atoms with van der Waals surface area (Å²) < 4.78 is 37.8. The largest absolute Gasteiger partial charge is 0.417 e. The van der Waals surface area contributed by atoms with Gasteiger partial charge in [0.2, 0.25) is 11.8 Å². The highest BCUT2D eigenvalue weighted by Crippen LogP contribution is 2.36. The summed E-state index contributed by atoms with van der Waals surface area (Å²) in [6.07, 6.45) is -4.63. The normalized spacial score (nSPS) is 11.1. The van der Waals surface area contributed by atoms with E-state index >= 15 is 0 Å². The summed E-state index contributed by atoms with van der Waals surface area (Å²) in [5.74, 6) is -0.794. The molecule has 0 saturated heterocycles. The molecule has 0 fully saturated rings. The van der Waals surface area contributed by atoms with Crippen molar-refractivity contribution >= 4 is 29.1 Å². The summed E-state index contributed by atoms with van der Waals surface area (Å²) in [7, 11) is 0. The molecular formula is C12H12ClF3N2O2. The van der Waals surface area contributed by atoms with Gasteiger partial charge in [0.1, 0.15) is 0 Å². The van der Waals surface area contributed by atoms with E-state index < -0.39 is 22.7 Å². The third-order valence-electron chi connectivity index (χ3n) is 2.28. The maximum absolute atomic E-state index is 12.6. The molecular weight excluding hydrogens is 297 g/mol.